The van der Waals surface area contributed by atoms with Crippen LogP contribution in [0.15, 0.2) is 44.8 Å². The fourth-order valence-corrected chi connectivity index (χ4v) is 7.25. The molecule has 4 heteroatoms. The van der Waals surface area contributed by atoms with Gasteiger partial charge in [-0.3, -0.25) is 0 Å². The highest BCUT2D eigenvalue weighted by Gasteiger charge is 2.32. The molecular weight excluding hydrogens is 595 g/mol. The Kier molecular flexibility index (Phi) is 9.30. The predicted octanol–water partition coefficient (Wildman–Crippen LogP) is 14.2. The van der Waals surface area contributed by atoms with Gasteiger partial charge in [-0.05, 0) is 62.7 Å². The Morgan fingerprint density at radius 3 is 1.02 bits per heavy atom. The second-order valence-corrected chi connectivity index (χ2v) is 21.0. The predicted molar refractivity (Wildman–Crippen MR) is 206 cm³/mol. The van der Waals surface area contributed by atoms with Crippen LogP contribution in [0.3, 0.4) is 0 Å². The van der Waals surface area contributed by atoms with E-state index in [1.54, 1.807) is 0 Å². The van der Waals surface area contributed by atoms with E-state index in [4.69, 9.17) is 12.9 Å². The summed E-state index contributed by atoms with van der Waals surface area (Å²) in [6.07, 6.45) is 0. The van der Waals surface area contributed by atoms with Crippen LogP contribution in [0.2, 0.25) is 0 Å². The zero-order valence-corrected chi connectivity index (χ0v) is 34.0. The summed E-state index contributed by atoms with van der Waals surface area (Å²) in [6, 6.07) is 13.9. The van der Waals surface area contributed by atoms with E-state index in [2.05, 4.69) is 168 Å². The average Bonchev–Trinajstić information content (AvgIpc) is 3.01. The minimum Gasteiger partial charge on any atom is -0.390 e. The van der Waals surface area contributed by atoms with Crippen molar-refractivity contribution < 1.29 is 12.9 Å². The first-order chi connectivity index (χ1) is 21.0. The first-order valence-corrected chi connectivity index (χ1v) is 18.5. The van der Waals surface area contributed by atoms with Crippen LogP contribution in [-0.4, -0.2) is 0 Å². The molecule has 0 unspecified atom stereocenters. The monoisotopic (exact) mass is 658 g/mol. The lowest BCUT2D eigenvalue weighted by atomic mass is 9.77. The van der Waals surface area contributed by atoms with Gasteiger partial charge in [0.25, 0.3) is 0 Å². The molecule has 1 heterocycles. The van der Waals surface area contributed by atoms with E-state index in [-0.39, 0.29) is 32.5 Å². The van der Waals surface area contributed by atoms with Gasteiger partial charge in [-0.15, -0.1) is 0 Å². The number of rotatable bonds is 2. The normalized spacial score (nSPS) is 13.9. The van der Waals surface area contributed by atoms with Crippen molar-refractivity contribution in [1.82, 2.24) is 0 Å². The molecule has 0 saturated carbocycles. The molecule has 0 spiro atoms. The Morgan fingerprint density at radius 2 is 0.745 bits per heavy atom. The van der Waals surface area contributed by atoms with Crippen molar-refractivity contribution >= 4 is 30.2 Å². The molecule has 0 aliphatic rings. The van der Waals surface area contributed by atoms with E-state index in [0.717, 1.165) is 27.7 Å². The number of hydrogen-bond donors (Lipinski definition) is 0. The molecule has 0 aliphatic carbocycles. The van der Waals surface area contributed by atoms with Crippen molar-refractivity contribution in [2.45, 2.75) is 164 Å². The summed E-state index contributed by atoms with van der Waals surface area (Å²) in [6.45, 7) is 43.1. The quantitative estimate of drug-likeness (QED) is 0.215. The van der Waals surface area contributed by atoms with Gasteiger partial charge in [0, 0.05) is 33.0 Å². The summed E-state index contributed by atoms with van der Waals surface area (Å²) in [5.41, 5.74) is 9.44. The molecular formula is C43H63O3P. The molecule has 0 atom stereocenters. The zero-order chi connectivity index (χ0) is 35.9. The molecule has 1 aromatic heterocycles. The summed E-state index contributed by atoms with van der Waals surface area (Å²) in [5, 5.41) is 2.16. The van der Waals surface area contributed by atoms with Crippen molar-refractivity contribution in [3.63, 3.8) is 0 Å². The largest absolute Gasteiger partial charge is 0.453 e. The summed E-state index contributed by atoms with van der Waals surface area (Å²) in [5.74, 6) is 0.874. The number of aryl methyl sites for hydroxylation is 1. The van der Waals surface area contributed by atoms with Gasteiger partial charge in [0.15, 0.2) is 0 Å². The Hall–Kier alpha value is -2.64. The maximum absolute atomic E-state index is 7.17. The van der Waals surface area contributed by atoms with E-state index in [0.29, 0.717) is 0 Å². The van der Waals surface area contributed by atoms with Gasteiger partial charge < -0.3 is 12.9 Å². The third kappa shape index (κ3) is 7.83. The molecule has 4 rings (SSSR count). The third-order valence-corrected chi connectivity index (χ3v) is 10.2. The number of benzene rings is 3. The van der Waals surface area contributed by atoms with Crippen LogP contribution < -0.4 is 4.52 Å². The van der Waals surface area contributed by atoms with E-state index in [1.807, 2.05) is 0 Å². The Morgan fingerprint density at radius 1 is 0.426 bits per heavy atom. The number of fused-ring (bicyclic) bond motifs is 3. The standard InChI is InChI=1S/C43H63O3P/c1-26-20-31(40(8,9)10)37(32(21-26)41(11,12)13)46-47-44-35-29(22-27(38(2,3)4)24-33(35)42(14,15)16)30-23-28(39(5,6)7)25-34(36(30)45-47)43(17,18)19/h20-25H,1-19H3. The molecule has 0 radical (unpaired) electrons. The highest BCUT2D eigenvalue weighted by atomic mass is 31.1. The Bertz CT molecular complexity index is 1720. The molecule has 0 aliphatic heterocycles. The van der Waals surface area contributed by atoms with Crippen LogP contribution in [0.25, 0.3) is 21.9 Å². The second-order valence-electron chi connectivity index (χ2n) is 20.0. The molecule has 258 valence electrons. The van der Waals surface area contributed by atoms with Gasteiger partial charge >= 0.3 is 8.24 Å². The van der Waals surface area contributed by atoms with Crippen molar-refractivity contribution in [3.05, 3.63) is 75.3 Å². The number of hydrogen-bond acceptors (Lipinski definition) is 3. The van der Waals surface area contributed by atoms with Crippen LogP contribution in [0, 0.1) is 6.92 Å². The highest BCUT2D eigenvalue weighted by molar-refractivity contribution is 7.32. The van der Waals surface area contributed by atoms with E-state index in [1.165, 1.54) is 38.9 Å². The zero-order valence-electron chi connectivity index (χ0n) is 33.1. The molecule has 0 fully saturated rings. The van der Waals surface area contributed by atoms with E-state index < -0.39 is 8.24 Å². The topological polar surface area (TPSA) is 35.5 Å². The summed E-state index contributed by atoms with van der Waals surface area (Å²) in [7, 11) is -1.89. The maximum Gasteiger partial charge on any atom is 0.453 e. The summed E-state index contributed by atoms with van der Waals surface area (Å²) < 4.78 is 21.5. The Labute approximate surface area is 287 Å². The maximum atomic E-state index is 7.17. The van der Waals surface area contributed by atoms with Crippen LogP contribution >= 0.6 is 8.24 Å². The van der Waals surface area contributed by atoms with Gasteiger partial charge in [-0.1, -0.05) is 154 Å². The fraction of sp³-hybridized carbons (Fsp3) is 0.581. The van der Waals surface area contributed by atoms with Gasteiger partial charge in [0.1, 0.15) is 16.9 Å². The summed E-state index contributed by atoms with van der Waals surface area (Å²) >= 11 is 0. The van der Waals surface area contributed by atoms with Crippen molar-refractivity contribution in [2.75, 3.05) is 0 Å². The molecule has 4 aromatic rings. The second kappa shape index (κ2) is 11.8. The lowest BCUT2D eigenvalue weighted by Gasteiger charge is -2.29. The molecule has 3 nitrogen and oxygen atoms in total. The van der Waals surface area contributed by atoms with Crippen LogP contribution in [0.5, 0.6) is 5.75 Å². The minimum atomic E-state index is -1.89. The van der Waals surface area contributed by atoms with E-state index in [9.17, 15) is 0 Å². The van der Waals surface area contributed by atoms with Crippen molar-refractivity contribution in [2.24, 2.45) is 0 Å². The molecule has 0 bridgehead atoms. The van der Waals surface area contributed by atoms with Crippen molar-refractivity contribution in [1.29, 1.82) is 0 Å². The van der Waals surface area contributed by atoms with Gasteiger partial charge in [-0.2, -0.15) is 0 Å². The smallest absolute Gasteiger partial charge is 0.390 e. The van der Waals surface area contributed by atoms with Gasteiger partial charge in [0.05, 0.1) is 0 Å². The molecule has 47 heavy (non-hydrogen) atoms. The first-order valence-electron chi connectivity index (χ1n) is 17.4. The van der Waals surface area contributed by atoms with Crippen LogP contribution in [0.4, 0.5) is 0 Å². The SMILES string of the molecule is Cc1cc(C(C)(C)C)c(Op2oc3c(C(C)(C)C)cc(C(C)(C)C)cc3c3cc(C(C)(C)C)cc(C(C)(C)C)c3o2)c(C(C)(C)C)c1. The van der Waals surface area contributed by atoms with Gasteiger partial charge in [0.2, 0.25) is 0 Å². The van der Waals surface area contributed by atoms with Gasteiger partial charge in [-0.25, -0.2) is 0 Å². The first kappa shape index (κ1) is 37.2. The van der Waals surface area contributed by atoms with E-state index >= 15 is 0 Å². The average molecular weight is 659 g/mol. The molecule has 0 amide bonds. The third-order valence-electron chi connectivity index (χ3n) is 9.16. The molecule has 0 saturated heterocycles. The molecule has 0 N–H and O–H groups in total. The minimum absolute atomic E-state index is 0.0524. The Balaban J connectivity index is 2.34. The fourth-order valence-electron chi connectivity index (χ4n) is 6.10. The van der Waals surface area contributed by atoms with Crippen molar-refractivity contribution in [3.8, 4) is 5.75 Å². The lowest BCUT2D eigenvalue weighted by Crippen LogP contribution is -2.19. The van der Waals surface area contributed by atoms with Crippen LogP contribution in [-0.2, 0) is 32.5 Å². The highest BCUT2D eigenvalue weighted by Crippen LogP contribution is 2.49. The van der Waals surface area contributed by atoms with Crippen LogP contribution in [0.1, 0.15) is 164 Å². The summed E-state index contributed by atoms with van der Waals surface area (Å²) in [4.78, 5) is 0. The lowest BCUT2D eigenvalue weighted by molar-refractivity contribution is 0.455. The molecule has 3 aromatic carbocycles.